The molecule has 8 nitrogen and oxygen atoms in total. The summed E-state index contributed by atoms with van der Waals surface area (Å²) in [6.45, 7) is 8.16. The van der Waals surface area contributed by atoms with Gasteiger partial charge in [-0.3, -0.25) is 4.79 Å². The van der Waals surface area contributed by atoms with Crippen LogP contribution in [0.1, 0.15) is 53.7 Å². The molecule has 194 valence electrons. The van der Waals surface area contributed by atoms with E-state index in [-0.39, 0.29) is 24.2 Å². The van der Waals surface area contributed by atoms with Crippen LogP contribution in [0, 0.1) is 6.92 Å². The average Bonchev–Trinajstić information content (AvgIpc) is 2.89. The fourth-order valence-electron chi connectivity index (χ4n) is 3.44. The molecule has 0 aromatic heterocycles. The second-order valence-electron chi connectivity index (χ2n) is 8.54. The van der Waals surface area contributed by atoms with Crippen LogP contribution in [0.25, 0.3) is 0 Å². The molecular formula is C29H32N2O6. The lowest BCUT2D eigenvalue weighted by molar-refractivity contribution is -0.123. The molecule has 0 fully saturated rings. The van der Waals surface area contributed by atoms with E-state index < -0.39 is 5.97 Å². The van der Waals surface area contributed by atoms with Crippen LogP contribution in [0.4, 0.5) is 0 Å². The Morgan fingerprint density at radius 3 is 2.38 bits per heavy atom. The number of ether oxygens (including phenoxy) is 4. The van der Waals surface area contributed by atoms with E-state index in [1.165, 1.54) is 6.21 Å². The number of amides is 1. The molecule has 0 atom stereocenters. The first kappa shape index (κ1) is 27.3. The van der Waals surface area contributed by atoms with Gasteiger partial charge in [0.2, 0.25) is 0 Å². The van der Waals surface area contributed by atoms with Gasteiger partial charge in [-0.1, -0.05) is 26.0 Å². The molecule has 37 heavy (non-hydrogen) atoms. The number of nitrogens with one attached hydrogen (secondary N) is 1. The maximum atomic E-state index is 12.5. The Morgan fingerprint density at radius 2 is 1.70 bits per heavy atom. The van der Waals surface area contributed by atoms with Crippen molar-refractivity contribution in [2.24, 2.45) is 5.10 Å². The standard InChI is InChI=1S/C29H32N2O6/c1-6-35-27-16-21(8-14-25(27)37-29(33)22-9-11-23(34-5)12-10-22)17-30-31-28(32)18-36-26-15-20(4)7-13-24(26)19(2)3/h7-17,19H,6,18H2,1-5H3,(H,31,32)/b30-17+. The number of hydrogen-bond acceptors (Lipinski definition) is 7. The van der Waals surface area contributed by atoms with Gasteiger partial charge in [0.15, 0.2) is 18.1 Å². The number of nitrogens with zero attached hydrogens (tertiary/aromatic N) is 1. The first-order valence-corrected chi connectivity index (χ1v) is 12.0. The van der Waals surface area contributed by atoms with Crippen LogP contribution in [0.15, 0.2) is 65.8 Å². The Bertz CT molecular complexity index is 1250. The van der Waals surface area contributed by atoms with E-state index >= 15 is 0 Å². The van der Waals surface area contributed by atoms with E-state index in [4.69, 9.17) is 18.9 Å². The molecule has 0 aliphatic carbocycles. The zero-order chi connectivity index (χ0) is 26.8. The molecule has 0 aliphatic rings. The lowest BCUT2D eigenvalue weighted by atomic mass is 10.0. The molecule has 0 bridgehead atoms. The van der Waals surface area contributed by atoms with Gasteiger partial charge in [-0.05, 0) is 85.0 Å². The molecule has 0 saturated heterocycles. The summed E-state index contributed by atoms with van der Waals surface area (Å²) in [5.41, 5.74) is 5.59. The second kappa shape index (κ2) is 13.1. The Hall–Kier alpha value is -4.33. The third-order valence-electron chi connectivity index (χ3n) is 5.35. The van der Waals surface area contributed by atoms with Crippen molar-refractivity contribution >= 4 is 18.1 Å². The SMILES string of the molecule is CCOc1cc(/C=N/NC(=O)COc2cc(C)ccc2C(C)C)ccc1OC(=O)c1ccc(OC)cc1. The minimum atomic E-state index is -0.522. The molecule has 0 saturated carbocycles. The zero-order valence-corrected chi connectivity index (χ0v) is 21.7. The van der Waals surface area contributed by atoms with Gasteiger partial charge in [0.05, 0.1) is 25.5 Å². The summed E-state index contributed by atoms with van der Waals surface area (Å²) in [4.78, 5) is 24.8. The smallest absolute Gasteiger partial charge is 0.343 e. The highest BCUT2D eigenvalue weighted by molar-refractivity contribution is 5.92. The highest BCUT2D eigenvalue weighted by atomic mass is 16.6. The van der Waals surface area contributed by atoms with E-state index in [1.807, 2.05) is 32.0 Å². The minimum absolute atomic E-state index is 0.162. The maximum Gasteiger partial charge on any atom is 0.343 e. The molecule has 3 aromatic rings. The van der Waals surface area contributed by atoms with Gasteiger partial charge < -0.3 is 18.9 Å². The van der Waals surface area contributed by atoms with Crippen LogP contribution in [-0.4, -0.2) is 38.4 Å². The third kappa shape index (κ3) is 7.83. The first-order valence-electron chi connectivity index (χ1n) is 12.0. The number of hydrogen-bond donors (Lipinski definition) is 1. The van der Waals surface area contributed by atoms with Gasteiger partial charge in [-0.25, -0.2) is 10.2 Å². The van der Waals surface area contributed by atoms with Crippen LogP contribution in [0.2, 0.25) is 0 Å². The van der Waals surface area contributed by atoms with Crippen LogP contribution in [0.5, 0.6) is 23.0 Å². The predicted molar refractivity (Wildman–Crippen MR) is 142 cm³/mol. The van der Waals surface area contributed by atoms with Gasteiger partial charge in [0.25, 0.3) is 5.91 Å². The molecule has 8 heteroatoms. The quantitative estimate of drug-likeness (QED) is 0.165. The number of rotatable bonds is 11. The number of carbonyl (C=O) groups excluding carboxylic acids is 2. The molecule has 1 amide bonds. The zero-order valence-electron chi connectivity index (χ0n) is 21.7. The number of benzene rings is 3. The number of carbonyl (C=O) groups is 2. The Labute approximate surface area is 217 Å². The summed E-state index contributed by atoms with van der Waals surface area (Å²) < 4.78 is 22.0. The van der Waals surface area contributed by atoms with Crippen molar-refractivity contribution in [3.05, 3.63) is 82.9 Å². The maximum absolute atomic E-state index is 12.5. The molecule has 0 aliphatic heterocycles. The van der Waals surface area contributed by atoms with E-state index in [2.05, 4.69) is 24.4 Å². The van der Waals surface area contributed by atoms with Crippen molar-refractivity contribution in [2.45, 2.75) is 33.6 Å². The largest absolute Gasteiger partial charge is 0.497 e. The fraction of sp³-hybridized carbons (Fsp3) is 0.276. The van der Waals surface area contributed by atoms with Crippen molar-refractivity contribution < 1.29 is 28.5 Å². The Balaban J connectivity index is 1.61. The summed E-state index contributed by atoms with van der Waals surface area (Å²) in [6.07, 6.45) is 1.47. The van der Waals surface area contributed by atoms with Crippen LogP contribution < -0.4 is 24.4 Å². The third-order valence-corrected chi connectivity index (χ3v) is 5.35. The number of methoxy groups -OCH3 is 1. The molecule has 1 N–H and O–H groups in total. The molecule has 0 heterocycles. The summed E-state index contributed by atoms with van der Waals surface area (Å²) in [5.74, 6) is 1.35. The predicted octanol–water partition coefficient (Wildman–Crippen LogP) is 5.27. The molecule has 3 rings (SSSR count). The lowest BCUT2D eigenvalue weighted by Gasteiger charge is -2.14. The Kier molecular flexibility index (Phi) is 9.66. The van der Waals surface area contributed by atoms with Gasteiger partial charge in [0.1, 0.15) is 11.5 Å². The summed E-state index contributed by atoms with van der Waals surface area (Å²) >= 11 is 0. The van der Waals surface area contributed by atoms with Gasteiger partial charge in [-0.2, -0.15) is 5.10 Å². The number of hydrazone groups is 1. The van der Waals surface area contributed by atoms with Crippen LogP contribution in [-0.2, 0) is 4.79 Å². The molecular weight excluding hydrogens is 472 g/mol. The molecule has 0 radical (unpaired) electrons. The van der Waals surface area contributed by atoms with Crippen molar-refractivity contribution in [1.29, 1.82) is 0 Å². The Morgan fingerprint density at radius 1 is 0.946 bits per heavy atom. The number of esters is 1. The summed E-state index contributed by atoms with van der Waals surface area (Å²) in [7, 11) is 1.56. The van der Waals surface area contributed by atoms with E-state index in [1.54, 1.807) is 49.6 Å². The van der Waals surface area contributed by atoms with Crippen molar-refractivity contribution in [1.82, 2.24) is 5.43 Å². The highest BCUT2D eigenvalue weighted by Gasteiger charge is 2.14. The van der Waals surface area contributed by atoms with Crippen molar-refractivity contribution in [3.63, 3.8) is 0 Å². The van der Waals surface area contributed by atoms with Gasteiger partial charge in [-0.15, -0.1) is 0 Å². The normalized spacial score (nSPS) is 10.9. The van der Waals surface area contributed by atoms with Gasteiger partial charge >= 0.3 is 5.97 Å². The molecule has 0 unspecified atom stereocenters. The molecule has 3 aromatic carbocycles. The van der Waals surface area contributed by atoms with E-state index in [9.17, 15) is 9.59 Å². The lowest BCUT2D eigenvalue weighted by Crippen LogP contribution is -2.25. The van der Waals surface area contributed by atoms with E-state index in [0.717, 1.165) is 11.1 Å². The number of aryl methyl sites for hydroxylation is 1. The summed E-state index contributed by atoms with van der Waals surface area (Å²) in [5, 5.41) is 4.00. The van der Waals surface area contributed by atoms with Crippen LogP contribution in [0.3, 0.4) is 0 Å². The highest BCUT2D eigenvalue weighted by Crippen LogP contribution is 2.29. The van der Waals surface area contributed by atoms with Gasteiger partial charge in [0, 0.05) is 0 Å². The summed E-state index contributed by atoms with van der Waals surface area (Å²) in [6, 6.07) is 17.6. The second-order valence-corrected chi connectivity index (χ2v) is 8.54. The minimum Gasteiger partial charge on any atom is -0.497 e. The van der Waals surface area contributed by atoms with Crippen molar-refractivity contribution in [3.8, 4) is 23.0 Å². The molecule has 0 spiro atoms. The van der Waals surface area contributed by atoms with E-state index in [0.29, 0.717) is 35.0 Å². The van der Waals surface area contributed by atoms with Crippen molar-refractivity contribution in [2.75, 3.05) is 20.3 Å². The fourth-order valence-corrected chi connectivity index (χ4v) is 3.44. The van der Waals surface area contributed by atoms with Crippen LogP contribution >= 0.6 is 0 Å². The first-order chi connectivity index (χ1) is 17.8. The topological polar surface area (TPSA) is 95.5 Å². The average molecular weight is 505 g/mol. The monoisotopic (exact) mass is 504 g/mol.